The summed E-state index contributed by atoms with van der Waals surface area (Å²) in [6, 6.07) is 3.01. The Hall–Kier alpha value is -2.02. The fourth-order valence-electron chi connectivity index (χ4n) is 7.59. The molecular formula is C26H30ClF3N2O2. The quantitative estimate of drug-likeness (QED) is 0.513. The number of carbonyl (C=O) groups is 2. The number of ketones is 1. The van der Waals surface area contributed by atoms with Gasteiger partial charge in [-0.2, -0.15) is 13.2 Å². The Labute approximate surface area is 202 Å². The van der Waals surface area contributed by atoms with Gasteiger partial charge in [-0.05, 0) is 73.5 Å². The summed E-state index contributed by atoms with van der Waals surface area (Å²) in [7, 11) is 0. The van der Waals surface area contributed by atoms with Crippen LogP contribution in [0.15, 0.2) is 30.0 Å². The van der Waals surface area contributed by atoms with Gasteiger partial charge in [0.15, 0.2) is 5.78 Å². The highest BCUT2D eigenvalue weighted by molar-refractivity contribution is 6.33. The predicted octanol–water partition coefficient (Wildman–Crippen LogP) is 6.21. The number of carbonyl (C=O) groups excluding carboxylic acids is 2. The minimum absolute atomic E-state index is 0.00993. The number of benzene rings is 1. The summed E-state index contributed by atoms with van der Waals surface area (Å²) in [4.78, 5) is 25.4. The molecule has 3 aliphatic carbocycles. The molecule has 1 amide bonds. The van der Waals surface area contributed by atoms with Gasteiger partial charge in [-0.15, -0.1) is 0 Å². The number of nitrogens with one attached hydrogen (secondary N) is 2. The van der Waals surface area contributed by atoms with E-state index in [-0.39, 0.29) is 39.1 Å². The lowest BCUT2D eigenvalue weighted by molar-refractivity contribution is -0.137. The van der Waals surface area contributed by atoms with E-state index < -0.39 is 11.7 Å². The van der Waals surface area contributed by atoms with Crippen LogP contribution < -0.4 is 10.6 Å². The first-order valence-corrected chi connectivity index (χ1v) is 12.5. The minimum atomic E-state index is -4.51. The van der Waals surface area contributed by atoms with E-state index in [2.05, 4.69) is 24.5 Å². The fourth-order valence-corrected chi connectivity index (χ4v) is 7.76. The number of amides is 1. The Balaban J connectivity index is 1.37. The van der Waals surface area contributed by atoms with E-state index in [1.807, 2.05) is 0 Å². The van der Waals surface area contributed by atoms with Crippen molar-refractivity contribution in [3.8, 4) is 0 Å². The molecule has 0 spiro atoms. The molecule has 6 atom stereocenters. The Morgan fingerprint density at radius 1 is 1.15 bits per heavy atom. The third kappa shape index (κ3) is 3.66. The van der Waals surface area contributed by atoms with Gasteiger partial charge in [0.2, 0.25) is 5.91 Å². The van der Waals surface area contributed by atoms with E-state index >= 15 is 0 Å². The van der Waals surface area contributed by atoms with Gasteiger partial charge in [-0.1, -0.05) is 25.4 Å². The van der Waals surface area contributed by atoms with Gasteiger partial charge in [-0.25, -0.2) is 0 Å². The Bertz CT molecular complexity index is 1070. The Kier molecular flexibility index (Phi) is 5.58. The summed E-state index contributed by atoms with van der Waals surface area (Å²) in [5, 5.41) is 6.37. The summed E-state index contributed by atoms with van der Waals surface area (Å²) < 4.78 is 39.5. The average molecular weight is 495 g/mol. The topological polar surface area (TPSA) is 58.2 Å². The lowest BCUT2D eigenvalue weighted by Crippen LogP contribution is -2.57. The molecule has 184 valence electrons. The monoisotopic (exact) mass is 494 g/mol. The molecule has 1 aliphatic heterocycles. The Morgan fingerprint density at radius 2 is 1.91 bits per heavy atom. The summed E-state index contributed by atoms with van der Waals surface area (Å²) in [6.07, 6.45) is 2.22. The van der Waals surface area contributed by atoms with Gasteiger partial charge in [0.25, 0.3) is 0 Å². The van der Waals surface area contributed by atoms with Crippen LogP contribution in [0.5, 0.6) is 0 Å². The molecule has 3 fully saturated rings. The molecule has 8 heteroatoms. The molecule has 1 aromatic rings. The molecular weight excluding hydrogens is 465 g/mol. The Morgan fingerprint density at radius 3 is 2.65 bits per heavy atom. The van der Waals surface area contributed by atoms with Crippen LogP contribution in [0.1, 0.15) is 57.9 Å². The number of piperidine rings is 1. The van der Waals surface area contributed by atoms with Crippen molar-refractivity contribution < 1.29 is 22.8 Å². The number of alkyl halides is 3. The number of rotatable bonds is 2. The van der Waals surface area contributed by atoms with Gasteiger partial charge in [0.05, 0.1) is 16.3 Å². The molecule has 1 saturated heterocycles. The van der Waals surface area contributed by atoms with Crippen molar-refractivity contribution in [2.75, 3.05) is 11.9 Å². The van der Waals surface area contributed by atoms with Crippen molar-refractivity contribution in [1.29, 1.82) is 0 Å². The van der Waals surface area contributed by atoms with E-state index in [4.69, 9.17) is 11.6 Å². The largest absolute Gasteiger partial charge is 0.416 e. The fraction of sp³-hybridized carbons (Fsp3) is 0.615. The maximum Gasteiger partial charge on any atom is 0.416 e. The number of anilines is 1. The summed E-state index contributed by atoms with van der Waals surface area (Å²) in [6.45, 7) is 5.25. The molecule has 1 aromatic carbocycles. The van der Waals surface area contributed by atoms with Crippen LogP contribution in [0, 0.1) is 34.5 Å². The summed E-state index contributed by atoms with van der Waals surface area (Å²) in [5.74, 6) is 0.882. The van der Waals surface area contributed by atoms with Crippen LogP contribution in [0.25, 0.3) is 0 Å². The molecule has 4 nitrogen and oxygen atoms in total. The van der Waals surface area contributed by atoms with Crippen molar-refractivity contribution in [3.05, 3.63) is 40.6 Å². The number of hydrogen-bond donors (Lipinski definition) is 2. The van der Waals surface area contributed by atoms with Crippen molar-refractivity contribution in [1.82, 2.24) is 5.32 Å². The minimum Gasteiger partial charge on any atom is -0.387 e. The first-order valence-electron chi connectivity index (χ1n) is 12.1. The molecule has 0 bridgehead atoms. The van der Waals surface area contributed by atoms with Crippen molar-refractivity contribution in [2.45, 2.75) is 58.5 Å². The second kappa shape index (κ2) is 8.00. The number of allylic oxidation sites excluding steroid dienone is 2. The lowest BCUT2D eigenvalue weighted by Gasteiger charge is -2.58. The number of hydrogen-bond acceptors (Lipinski definition) is 3. The van der Waals surface area contributed by atoms with E-state index in [0.717, 1.165) is 50.1 Å². The van der Waals surface area contributed by atoms with Gasteiger partial charge in [0, 0.05) is 36.1 Å². The van der Waals surface area contributed by atoms with Crippen LogP contribution in [0.4, 0.5) is 18.9 Å². The summed E-state index contributed by atoms with van der Waals surface area (Å²) in [5.41, 5.74) is -0.0111. The third-order valence-electron chi connectivity index (χ3n) is 9.46. The van der Waals surface area contributed by atoms with E-state index in [1.54, 1.807) is 6.08 Å². The smallest absolute Gasteiger partial charge is 0.387 e. The maximum absolute atomic E-state index is 13.4. The second-order valence-electron chi connectivity index (χ2n) is 11.1. The molecule has 2 saturated carbocycles. The highest BCUT2D eigenvalue weighted by atomic mass is 35.5. The van der Waals surface area contributed by atoms with E-state index in [0.29, 0.717) is 30.6 Å². The first kappa shape index (κ1) is 23.7. The van der Waals surface area contributed by atoms with Crippen LogP contribution in [0.2, 0.25) is 5.02 Å². The van der Waals surface area contributed by atoms with Crippen LogP contribution in [-0.4, -0.2) is 18.2 Å². The highest BCUT2D eigenvalue weighted by Gasteiger charge is 2.60. The molecule has 2 N–H and O–H groups in total. The lowest BCUT2D eigenvalue weighted by atomic mass is 9.50. The van der Waals surface area contributed by atoms with E-state index in [9.17, 15) is 22.8 Å². The van der Waals surface area contributed by atoms with Gasteiger partial charge in [-0.3, -0.25) is 9.59 Å². The van der Waals surface area contributed by atoms with Crippen LogP contribution >= 0.6 is 11.6 Å². The zero-order chi connectivity index (χ0) is 24.5. The maximum atomic E-state index is 13.4. The molecule has 5 rings (SSSR count). The van der Waals surface area contributed by atoms with Gasteiger partial charge >= 0.3 is 6.18 Å². The second-order valence-corrected chi connectivity index (χ2v) is 11.5. The molecule has 0 unspecified atom stereocenters. The van der Waals surface area contributed by atoms with Gasteiger partial charge in [0.1, 0.15) is 0 Å². The number of fused-ring (bicyclic) bond motifs is 5. The van der Waals surface area contributed by atoms with E-state index in [1.165, 1.54) is 6.07 Å². The molecule has 1 heterocycles. The third-order valence-corrected chi connectivity index (χ3v) is 9.79. The molecule has 34 heavy (non-hydrogen) atoms. The van der Waals surface area contributed by atoms with Crippen molar-refractivity contribution >= 4 is 29.0 Å². The zero-order valence-electron chi connectivity index (χ0n) is 19.4. The normalized spacial score (nSPS) is 37.1. The van der Waals surface area contributed by atoms with Crippen molar-refractivity contribution in [2.24, 2.45) is 34.5 Å². The number of halogens is 4. The van der Waals surface area contributed by atoms with Crippen LogP contribution in [0.3, 0.4) is 0 Å². The standard InChI is InChI=1S/C26H30ClF3N2O2/c1-24-10-8-18-16(13-31-22-12-15(33)7-9-25(18,22)2)17(24)4-5-19(24)23(34)32-21-11-14(26(28,29)30)3-6-20(21)27/h3,6,11-12,16-19,31H,4-5,7-10,13H2,1-2H3,(H,32,34)/t16-,17-,18-,19+,24-,25+/m0/s1. The van der Waals surface area contributed by atoms with Crippen LogP contribution in [-0.2, 0) is 15.8 Å². The summed E-state index contributed by atoms with van der Waals surface area (Å²) >= 11 is 6.13. The highest BCUT2D eigenvalue weighted by Crippen LogP contribution is 2.64. The SMILES string of the molecule is C[C@]12CC[C@H]3[C@@H](CNC4=CC(=O)CC[C@@]43C)[C@@H]1CC[C@@H]2C(=O)Nc1cc(C(F)(F)F)ccc1Cl. The predicted molar refractivity (Wildman–Crippen MR) is 124 cm³/mol. The molecule has 0 aromatic heterocycles. The molecule has 4 aliphatic rings. The first-order chi connectivity index (χ1) is 15.9. The average Bonchev–Trinajstić information content (AvgIpc) is 3.12. The molecule has 0 radical (unpaired) electrons. The zero-order valence-corrected chi connectivity index (χ0v) is 20.2. The van der Waals surface area contributed by atoms with Gasteiger partial charge < -0.3 is 10.6 Å². The van der Waals surface area contributed by atoms with Crippen molar-refractivity contribution in [3.63, 3.8) is 0 Å².